The molecule has 1 fully saturated rings. The SMILES string of the molecule is CO[C@H](C)c1nnc([C@H]2C[C@@H](NC(=O)c3cc(-c4ccccc4)on3)C2)o1. The zero-order valence-electron chi connectivity index (χ0n) is 15.1. The van der Waals surface area contributed by atoms with E-state index in [4.69, 9.17) is 13.7 Å². The van der Waals surface area contributed by atoms with E-state index >= 15 is 0 Å². The highest BCUT2D eigenvalue weighted by molar-refractivity contribution is 5.93. The summed E-state index contributed by atoms with van der Waals surface area (Å²) in [5, 5.41) is 14.9. The van der Waals surface area contributed by atoms with E-state index in [1.54, 1.807) is 13.2 Å². The van der Waals surface area contributed by atoms with Crippen molar-refractivity contribution in [3.63, 3.8) is 0 Å². The Morgan fingerprint density at radius 3 is 2.78 bits per heavy atom. The number of rotatable bonds is 6. The van der Waals surface area contributed by atoms with Crippen LogP contribution in [0.2, 0.25) is 0 Å². The molecule has 1 aromatic carbocycles. The molecule has 0 radical (unpaired) electrons. The highest BCUT2D eigenvalue weighted by Gasteiger charge is 2.36. The average Bonchev–Trinajstić information content (AvgIpc) is 3.34. The minimum absolute atomic E-state index is 0.0505. The number of methoxy groups -OCH3 is 1. The molecule has 0 spiro atoms. The summed E-state index contributed by atoms with van der Waals surface area (Å²) in [5.74, 6) is 1.53. The highest BCUT2D eigenvalue weighted by Crippen LogP contribution is 2.36. The lowest BCUT2D eigenvalue weighted by Crippen LogP contribution is -2.43. The first-order valence-electron chi connectivity index (χ1n) is 8.83. The van der Waals surface area contributed by atoms with E-state index in [-0.39, 0.29) is 29.7 Å². The molecular weight excluding hydrogens is 348 g/mol. The summed E-state index contributed by atoms with van der Waals surface area (Å²) in [6.45, 7) is 1.85. The fourth-order valence-electron chi connectivity index (χ4n) is 2.99. The number of hydrogen-bond acceptors (Lipinski definition) is 7. The zero-order chi connectivity index (χ0) is 18.8. The van der Waals surface area contributed by atoms with E-state index in [0.29, 0.717) is 17.5 Å². The molecule has 1 saturated carbocycles. The topological polar surface area (TPSA) is 103 Å². The second-order valence-corrected chi connectivity index (χ2v) is 6.64. The van der Waals surface area contributed by atoms with E-state index in [0.717, 1.165) is 18.4 Å². The van der Waals surface area contributed by atoms with Crippen molar-refractivity contribution >= 4 is 5.91 Å². The van der Waals surface area contributed by atoms with Crippen molar-refractivity contribution in [2.45, 2.75) is 37.8 Å². The lowest BCUT2D eigenvalue weighted by molar-refractivity contribution is 0.0872. The maximum atomic E-state index is 12.4. The Balaban J connectivity index is 1.32. The molecule has 0 saturated heterocycles. The predicted molar refractivity (Wildman–Crippen MR) is 94.9 cm³/mol. The van der Waals surface area contributed by atoms with Gasteiger partial charge in [0.15, 0.2) is 11.5 Å². The summed E-state index contributed by atoms with van der Waals surface area (Å²) < 4.78 is 16.1. The Kier molecular flexibility index (Phi) is 4.72. The van der Waals surface area contributed by atoms with Crippen LogP contribution in [0.5, 0.6) is 0 Å². The molecule has 1 atom stereocenters. The van der Waals surface area contributed by atoms with Gasteiger partial charge in [-0.15, -0.1) is 10.2 Å². The van der Waals surface area contributed by atoms with Crippen molar-refractivity contribution in [2.24, 2.45) is 0 Å². The third-order valence-electron chi connectivity index (χ3n) is 4.78. The quantitative estimate of drug-likeness (QED) is 0.713. The van der Waals surface area contributed by atoms with E-state index in [2.05, 4.69) is 20.7 Å². The van der Waals surface area contributed by atoms with Gasteiger partial charge in [-0.2, -0.15) is 0 Å². The number of nitrogens with one attached hydrogen (secondary N) is 1. The van der Waals surface area contributed by atoms with Gasteiger partial charge in [0.05, 0.1) is 0 Å². The Hall–Kier alpha value is -3.00. The molecule has 27 heavy (non-hydrogen) atoms. The van der Waals surface area contributed by atoms with Crippen LogP contribution in [0.1, 0.15) is 54.1 Å². The molecule has 0 unspecified atom stereocenters. The molecule has 1 aliphatic rings. The van der Waals surface area contributed by atoms with Crippen molar-refractivity contribution < 1.29 is 18.5 Å². The molecule has 0 aliphatic heterocycles. The van der Waals surface area contributed by atoms with Crippen molar-refractivity contribution in [3.8, 4) is 11.3 Å². The molecule has 2 aromatic heterocycles. The van der Waals surface area contributed by atoms with Gasteiger partial charge in [0.1, 0.15) is 6.10 Å². The Bertz CT molecular complexity index is 915. The van der Waals surface area contributed by atoms with Crippen LogP contribution in [-0.2, 0) is 4.74 Å². The van der Waals surface area contributed by atoms with Crippen LogP contribution < -0.4 is 5.32 Å². The minimum Gasteiger partial charge on any atom is -0.422 e. The van der Waals surface area contributed by atoms with E-state index in [9.17, 15) is 4.79 Å². The summed E-state index contributed by atoms with van der Waals surface area (Å²) >= 11 is 0. The predicted octanol–water partition coefficient (Wildman–Crippen LogP) is 3.11. The summed E-state index contributed by atoms with van der Waals surface area (Å²) in [6.07, 6.45) is 1.27. The van der Waals surface area contributed by atoms with Crippen molar-refractivity contribution in [2.75, 3.05) is 7.11 Å². The average molecular weight is 368 g/mol. The van der Waals surface area contributed by atoms with Gasteiger partial charge in [0, 0.05) is 30.7 Å². The number of benzene rings is 1. The van der Waals surface area contributed by atoms with Crippen molar-refractivity contribution in [3.05, 3.63) is 53.9 Å². The van der Waals surface area contributed by atoms with E-state index < -0.39 is 0 Å². The van der Waals surface area contributed by atoms with Crippen LogP contribution in [0.4, 0.5) is 0 Å². The molecular formula is C19H20N4O4. The molecule has 3 aromatic rings. The van der Waals surface area contributed by atoms with Crippen molar-refractivity contribution in [1.29, 1.82) is 0 Å². The molecule has 0 bridgehead atoms. The molecule has 1 amide bonds. The fourth-order valence-corrected chi connectivity index (χ4v) is 2.99. The second-order valence-electron chi connectivity index (χ2n) is 6.64. The normalized spacial score (nSPS) is 20.1. The monoisotopic (exact) mass is 368 g/mol. The van der Waals surface area contributed by atoms with Crippen LogP contribution in [0.15, 0.2) is 45.3 Å². The van der Waals surface area contributed by atoms with Crippen LogP contribution in [0.25, 0.3) is 11.3 Å². The van der Waals surface area contributed by atoms with Gasteiger partial charge in [0.2, 0.25) is 11.8 Å². The van der Waals surface area contributed by atoms with Gasteiger partial charge in [-0.25, -0.2) is 0 Å². The number of carbonyl (C=O) groups is 1. The lowest BCUT2D eigenvalue weighted by Gasteiger charge is -2.33. The highest BCUT2D eigenvalue weighted by atomic mass is 16.5. The number of amides is 1. The largest absolute Gasteiger partial charge is 0.422 e. The number of hydrogen-bond donors (Lipinski definition) is 1. The molecule has 1 N–H and O–H groups in total. The number of aromatic nitrogens is 3. The van der Waals surface area contributed by atoms with E-state index in [1.807, 2.05) is 37.3 Å². The molecule has 8 nitrogen and oxygen atoms in total. The zero-order valence-corrected chi connectivity index (χ0v) is 15.1. The Labute approximate surface area is 155 Å². The van der Waals surface area contributed by atoms with Gasteiger partial charge >= 0.3 is 0 Å². The van der Waals surface area contributed by atoms with Crippen LogP contribution in [-0.4, -0.2) is 34.4 Å². The van der Waals surface area contributed by atoms with Crippen LogP contribution >= 0.6 is 0 Å². The van der Waals surface area contributed by atoms with Gasteiger partial charge in [-0.1, -0.05) is 35.5 Å². The molecule has 2 heterocycles. The number of ether oxygens (including phenoxy) is 1. The van der Waals surface area contributed by atoms with Gasteiger partial charge in [0.25, 0.3) is 5.91 Å². The summed E-state index contributed by atoms with van der Waals surface area (Å²) in [7, 11) is 1.59. The third kappa shape index (κ3) is 3.61. The standard InChI is InChI=1S/C19H20N4O4/c1-11(25-2)18-21-22-19(26-18)13-8-14(9-13)20-17(24)15-10-16(27-23-15)12-6-4-3-5-7-12/h3-7,10-11,13-14H,8-9H2,1-2H3,(H,20,24)/t11-,13-,14+/m1/s1. The smallest absolute Gasteiger partial charge is 0.273 e. The van der Waals surface area contributed by atoms with E-state index in [1.165, 1.54) is 0 Å². The maximum Gasteiger partial charge on any atom is 0.273 e. The molecule has 8 heteroatoms. The second kappa shape index (κ2) is 7.32. The van der Waals surface area contributed by atoms with Crippen molar-refractivity contribution in [1.82, 2.24) is 20.7 Å². The lowest BCUT2D eigenvalue weighted by atomic mass is 9.80. The van der Waals surface area contributed by atoms with Gasteiger partial charge in [-0.05, 0) is 19.8 Å². The number of carbonyl (C=O) groups excluding carboxylic acids is 1. The maximum absolute atomic E-state index is 12.4. The third-order valence-corrected chi connectivity index (χ3v) is 4.78. The first kappa shape index (κ1) is 17.4. The first-order chi connectivity index (χ1) is 13.1. The molecule has 1 aliphatic carbocycles. The molecule has 4 rings (SSSR count). The first-order valence-corrected chi connectivity index (χ1v) is 8.83. The fraction of sp³-hybridized carbons (Fsp3) is 0.368. The minimum atomic E-state index is -0.247. The summed E-state index contributed by atoms with van der Waals surface area (Å²) in [6, 6.07) is 11.2. The van der Waals surface area contributed by atoms with Crippen LogP contribution in [0.3, 0.4) is 0 Å². The number of nitrogens with zero attached hydrogens (tertiary/aromatic N) is 3. The van der Waals surface area contributed by atoms with Crippen LogP contribution in [0, 0.1) is 0 Å². The Morgan fingerprint density at radius 2 is 2.04 bits per heavy atom. The molecule has 140 valence electrons. The Morgan fingerprint density at radius 1 is 1.26 bits per heavy atom. The van der Waals surface area contributed by atoms with Gasteiger partial charge in [-0.3, -0.25) is 4.79 Å². The summed E-state index contributed by atoms with van der Waals surface area (Å²) in [5.41, 5.74) is 1.15. The van der Waals surface area contributed by atoms with Gasteiger partial charge < -0.3 is 19.0 Å². The summed E-state index contributed by atoms with van der Waals surface area (Å²) in [4.78, 5) is 12.4.